The Morgan fingerprint density at radius 3 is 2.50 bits per heavy atom. The minimum absolute atomic E-state index is 0.105. The van der Waals surface area contributed by atoms with Crippen LogP contribution in [0.25, 0.3) is 0 Å². The summed E-state index contributed by atoms with van der Waals surface area (Å²) in [5, 5.41) is 14.2. The first-order valence-corrected chi connectivity index (χ1v) is 6.40. The molecule has 1 aromatic carbocycles. The number of benzene rings is 1. The maximum absolute atomic E-state index is 10.3. The summed E-state index contributed by atoms with van der Waals surface area (Å²) in [6, 6.07) is 1.71. The zero-order valence-electron chi connectivity index (χ0n) is 10.6. The highest BCUT2D eigenvalue weighted by atomic mass is 35.5. The van der Waals surface area contributed by atoms with Gasteiger partial charge < -0.3 is 19.9 Å². The Hall–Kier alpha value is -1.13. The molecule has 0 aromatic heterocycles. The molecule has 0 radical (unpaired) electrons. The average Bonchev–Trinajstić information content (AvgIpc) is 2.39. The number of hydrogen-bond donors (Lipinski definition) is 2. The first kappa shape index (κ1) is 13.3. The summed E-state index contributed by atoms with van der Waals surface area (Å²) >= 11 is 6.26. The number of aromatic hydroxyl groups is 1. The smallest absolute Gasteiger partial charge is 0.203 e. The van der Waals surface area contributed by atoms with E-state index in [0.717, 1.165) is 31.5 Å². The highest BCUT2D eigenvalue weighted by Gasteiger charge is 2.25. The van der Waals surface area contributed by atoms with E-state index in [2.05, 4.69) is 5.32 Å². The predicted octanol–water partition coefficient (Wildman–Crippen LogP) is 2.53. The summed E-state index contributed by atoms with van der Waals surface area (Å²) in [6.45, 7) is 1.88. The Bertz CT molecular complexity index is 431. The van der Waals surface area contributed by atoms with Gasteiger partial charge in [0.1, 0.15) is 0 Å². The van der Waals surface area contributed by atoms with Crippen molar-refractivity contribution in [1.29, 1.82) is 0 Å². The van der Waals surface area contributed by atoms with Crippen molar-refractivity contribution in [1.82, 2.24) is 5.32 Å². The van der Waals surface area contributed by atoms with E-state index in [-0.39, 0.29) is 11.7 Å². The molecule has 100 valence electrons. The minimum atomic E-state index is 0.105. The number of rotatable bonds is 3. The first-order chi connectivity index (χ1) is 8.69. The van der Waals surface area contributed by atoms with Crippen molar-refractivity contribution < 1.29 is 14.6 Å². The van der Waals surface area contributed by atoms with Crippen LogP contribution in [0.4, 0.5) is 0 Å². The van der Waals surface area contributed by atoms with Gasteiger partial charge in [-0.25, -0.2) is 0 Å². The minimum Gasteiger partial charge on any atom is -0.504 e. The molecule has 0 amide bonds. The maximum Gasteiger partial charge on any atom is 0.203 e. The van der Waals surface area contributed by atoms with Crippen molar-refractivity contribution >= 4 is 11.6 Å². The fourth-order valence-corrected chi connectivity index (χ4v) is 2.80. The van der Waals surface area contributed by atoms with Gasteiger partial charge in [-0.3, -0.25) is 0 Å². The number of ether oxygens (including phenoxy) is 2. The van der Waals surface area contributed by atoms with Gasteiger partial charge in [-0.15, -0.1) is 0 Å². The van der Waals surface area contributed by atoms with Gasteiger partial charge in [-0.2, -0.15) is 0 Å². The number of phenols is 1. The molecule has 1 aliphatic rings. The lowest BCUT2D eigenvalue weighted by Gasteiger charge is -2.25. The van der Waals surface area contributed by atoms with Crippen LogP contribution in [0, 0.1) is 0 Å². The van der Waals surface area contributed by atoms with Gasteiger partial charge in [0.15, 0.2) is 11.5 Å². The molecule has 1 aromatic rings. The van der Waals surface area contributed by atoms with Crippen LogP contribution in [-0.4, -0.2) is 32.4 Å². The van der Waals surface area contributed by atoms with E-state index in [0.29, 0.717) is 16.5 Å². The lowest BCUT2D eigenvalue weighted by Crippen LogP contribution is -2.26. The lowest BCUT2D eigenvalue weighted by molar-refractivity contribution is 0.328. The SMILES string of the molecule is COc1cc(Cl)c(C2CCNCC2)c(O)c1OC. The summed E-state index contributed by atoms with van der Waals surface area (Å²) in [7, 11) is 3.04. The Morgan fingerprint density at radius 1 is 1.28 bits per heavy atom. The van der Waals surface area contributed by atoms with Gasteiger partial charge in [-0.05, 0) is 31.8 Å². The van der Waals surface area contributed by atoms with E-state index in [1.165, 1.54) is 14.2 Å². The molecule has 0 spiro atoms. The Morgan fingerprint density at radius 2 is 1.94 bits per heavy atom. The number of hydrogen-bond acceptors (Lipinski definition) is 4. The third-order valence-electron chi connectivity index (χ3n) is 3.38. The first-order valence-electron chi connectivity index (χ1n) is 6.03. The van der Waals surface area contributed by atoms with Crippen LogP contribution >= 0.6 is 11.6 Å². The van der Waals surface area contributed by atoms with E-state index in [1.807, 2.05) is 0 Å². The highest BCUT2D eigenvalue weighted by molar-refractivity contribution is 6.32. The molecule has 0 saturated carbocycles. The molecule has 2 rings (SSSR count). The summed E-state index contributed by atoms with van der Waals surface area (Å²) in [4.78, 5) is 0. The molecule has 0 bridgehead atoms. The normalized spacial score (nSPS) is 16.6. The summed E-state index contributed by atoms with van der Waals surface area (Å²) < 4.78 is 10.4. The molecule has 1 heterocycles. The Labute approximate surface area is 112 Å². The van der Waals surface area contributed by atoms with Crippen LogP contribution < -0.4 is 14.8 Å². The Balaban J connectivity index is 2.46. The molecule has 0 unspecified atom stereocenters. The van der Waals surface area contributed by atoms with Crippen LogP contribution in [0.2, 0.25) is 5.02 Å². The molecule has 18 heavy (non-hydrogen) atoms. The molecule has 0 aliphatic carbocycles. The summed E-state index contributed by atoms with van der Waals surface area (Å²) in [6.07, 6.45) is 1.92. The van der Waals surface area contributed by atoms with Crippen LogP contribution in [0.1, 0.15) is 24.3 Å². The van der Waals surface area contributed by atoms with E-state index in [9.17, 15) is 5.11 Å². The van der Waals surface area contributed by atoms with Crippen LogP contribution in [0.3, 0.4) is 0 Å². The van der Waals surface area contributed by atoms with E-state index in [4.69, 9.17) is 21.1 Å². The Kier molecular flexibility index (Phi) is 4.19. The molecule has 1 fully saturated rings. The number of phenolic OH excluding ortho intramolecular Hbond substituents is 1. The van der Waals surface area contributed by atoms with E-state index >= 15 is 0 Å². The number of halogens is 1. The standard InChI is InChI=1S/C13H18ClNO3/c1-17-10-7-9(14)11(12(16)13(10)18-2)8-3-5-15-6-4-8/h7-8,15-16H,3-6H2,1-2H3. The monoisotopic (exact) mass is 271 g/mol. The van der Waals surface area contributed by atoms with Crippen molar-refractivity contribution in [3.8, 4) is 17.2 Å². The van der Waals surface area contributed by atoms with Gasteiger partial charge in [0.2, 0.25) is 5.75 Å². The molecule has 2 N–H and O–H groups in total. The second-order valence-corrected chi connectivity index (χ2v) is 4.79. The fourth-order valence-electron chi connectivity index (χ4n) is 2.46. The van der Waals surface area contributed by atoms with Gasteiger partial charge in [0.05, 0.1) is 19.2 Å². The van der Waals surface area contributed by atoms with Crippen molar-refractivity contribution in [3.05, 3.63) is 16.7 Å². The van der Waals surface area contributed by atoms with Gasteiger partial charge in [0.25, 0.3) is 0 Å². The topological polar surface area (TPSA) is 50.7 Å². The second kappa shape index (κ2) is 5.67. The van der Waals surface area contributed by atoms with Crippen LogP contribution in [0.15, 0.2) is 6.07 Å². The summed E-state index contributed by atoms with van der Waals surface area (Å²) in [5.41, 5.74) is 0.774. The van der Waals surface area contributed by atoms with Crippen molar-refractivity contribution in [2.45, 2.75) is 18.8 Å². The van der Waals surface area contributed by atoms with Gasteiger partial charge in [0, 0.05) is 11.6 Å². The predicted molar refractivity (Wildman–Crippen MR) is 71.1 cm³/mol. The third-order valence-corrected chi connectivity index (χ3v) is 3.69. The maximum atomic E-state index is 10.3. The zero-order valence-corrected chi connectivity index (χ0v) is 11.4. The second-order valence-electron chi connectivity index (χ2n) is 4.38. The van der Waals surface area contributed by atoms with E-state index < -0.39 is 0 Å². The largest absolute Gasteiger partial charge is 0.504 e. The van der Waals surface area contributed by atoms with E-state index in [1.54, 1.807) is 6.07 Å². The molecule has 5 heteroatoms. The van der Waals surface area contributed by atoms with Gasteiger partial charge >= 0.3 is 0 Å². The molecule has 1 aliphatic heterocycles. The average molecular weight is 272 g/mol. The lowest BCUT2D eigenvalue weighted by atomic mass is 9.89. The summed E-state index contributed by atoms with van der Waals surface area (Å²) in [5.74, 6) is 1.18. The molecule has 1 saturated heterocycles. The fraction of sp³-hybridized carbons (Fsp3) is 0.538. The molecule has 0 atom stereocenters. The third kappa shape index (κ3) is 2.35. The molecule has 4 nitrogen and oxygen atoms in total. The number of methoxy groups -OCH3 is 2. The molecular weight excluding hydrogens is 254 g/mol. The quantitative estimate of drug-likeness (QED) is 0.887. The van der Waals surface area contributed by atoms with Gasteiger partial charge in [-0.1, -0.05) is 11.6 Å². The van der Waals surface area contributed by atoms with Crippen LogP contribution in [0.5, 0.6) is 17.2 Å². The van der Waals surface area contributed by atoms with Crippen molar-refractivity contribution in [2.24, 2.45) is 0 Å². The zero-order chi connectivity index (χ0) is 13.1. The number of nitrogens with one attached hydrogen (secondary N) is 1. The number of piperidine rings is 1. The highest BCUT2D eigenvalue weighted by Crippen LogP contribution is 2.47. The molecular formula is C13H18ClNO3. The van der Waals surface area contributed by atoms with Crippen molar-refractivity contribution in [3.63, 3.8) is 0 Å². The van der Waals surface area contributed by atoms with Crippen molar-refractivity contribution in [2.75, 3.05) is 27.3 Å². The van der Waals surface area contributed by atoms with Crippen LogP contribution in [-0.2, 0) is 0 Å².